The minimum absolute atomic E-state index is 0.00227. The largest absolute Gasteiger partial charge is 0.457 e. The SMILES string of the molecule is CC1=C[C@]23C(=O)[C@@H](C=C(COC(=O)c4ccccc4)[C@@H](O)[C@]2(O)[C@H]1OC(=O)N(C)c1ccc(Cl)cc1)[C@H]1[C@@H](C[C@H]3C)C1(C)C. The van der Waals surface area contributed by atoms with Crippen molar-refractivity contribution in [2.24, 2.45) is 34.5 Å². The summed E-state index contributed by atoms with van der Waals surface area (Å²) in [6.07, 6.45) is 0.295. The number of hydrogen-bond acceptors (Lipinski definition) is 7. The first-order chi connectivity index (χ1) is 20.7. The number of anilines is 1. The van der Waals surface area contributed by atoms with Gasteiger partial charge in [0.1, 0.15) is 12.7 Å². The van der Waals surface area contributed by atoms with Crippen LogP contribution in [0.25, 0.3) is 0 Å². The topological polar surface area (TPSA) is 113 Å². The Bertz CT molecular complexity index is 1570. The molecule has 0 aromatic heterocycles. The lowest BCUT2D eigenvalue weighted by atomic mass is 9.59. The van der Waals surface area contributed by atoms with Gasteiger partial charge in [-0.2, -0.15) is 0 Å². The van der Waals surface area contributed by atoms with E-state index < -0.39 is 41.2 Å². The maximum Gasteiger partial charge on any atom is 0.414 e. The number of allylic oxidation sites excluding steroid dienone is 1. The minimum atomic E-state index is -2.25. The van der Waals surface area contributed by atoms with Gasteiger partial charge >= 0.3 is 12.1 Å². The van der Waals surface area contributed by atoms with E-state index in [0.717, 1.165) is 0 Å². The molecule has 2 fully saturated rings. The Morgan fingerprint density at radius 3 is 2.41 bits per heavy atom. The normalized spacial score (nSPS) is 34.8. The van der Waals surface area contributed by atoms with Gasteiger partial charge in [0.15, 0.2) is 17.5 Å². The van der Waals surface area contributed by atoms with E-state index in [1.54, 1.807) is 73.7 Å². The Labute approximate surface area is 262 Å². The highest BCUT2D eigenvalue weighted by molar-refractivity contribution is 6.30. The van der Waals surface area contributed by atoms with Crippen LogP contribution in [0.4, 0.5) is 10.5 Å². The number of carbonyl (C=O) groups excluding carboxylic acids is 3. The molecule has 4 aliphatic rings. The van der Waals surface area contributed by atoms with Crippen LogP contribution in [0.5, 0.6) is 0 Å². The lowest BCUT2D eigenvalue weighted by molar-refractivity contribution is -0.189. The number of ether oxygens (including phenoxy) is 2. The second-order valence-corrected chi connectivity index (χ2v) is 13.9. The number of amides is 1. The van der Waals surface area contributed by atoms with Gasteiger partial charge in [0.2, 0.25) is 0 Å². The summed E-state index contributed by atoms with van der Waals surface area (Å²) >= 11 is 6.02. The third-order valence-electron chi connectivity index (χ3n) is 10.8. The number of nitrogens with zero attached hydrogens (tertiary/aromatic N) is 1. The van der Waals surface area contributed by atoms with E-state index in [1.165, 1.54) is 11.9 Å². The fourth-order valence-corrected chi connectivity index (χ4v) is 8.46. The minimum Gasteiger partial charge on any atom is -0.457 e. The van der Waals surface area contributed by atoms with Crippen molar-refractivity contribution in [1.29, 1.82) is 0 Å². The van der Waals surface area contributed by atoms with Gasteiger partial charge in [-0.15, -0.1) is 0 Å². The number of benzene rings is 2. The van der Waals surface area contributed by atoms with Crippen LogP contribution in [0.3, 0.4) is 0 Å². The van der Waals surface area contributed by atoms with Gasteiger partial charge in [-0.25, -0.2) is 9.59 Å². The van der Waals surface area contributed by atoms with E-state index in [0.29, 0.717) is 28.3 Å². The number of ketones is 1. The van der Waals surface area contributed by atoms with Gasteiger partial charge in [0.25, 0.3) is 0 Å². The molecule has 0 saturated heterocycles. The van der Waals surface area contributed by atoms with Crippen LogP contribution in [0.2, 0.25) is 5.02 Å². The first-order valence-electron chi connectivity index (χ1n) is 15.0. The number of fused-ring (bicyclic) bond motifs is 3. The zero-order valence-corrected chi connectivity index (χ0v) is 26.2. The zero-order valence-electron chi connectivity index (χ0n) is 25.5. The van der Waals surface area contributed by atoms with Gasteiger partial charge in [0.05, 0.1) is 11.0 Å². The molecule has 44 heavy (non-hydrogen) atoms. The Balaban J connectivity index is 1.40. The fourth-order valence-electron chi connectivity index (χ4n) is 8.34. The third kappa shape index (κ3) is 4.37. The Morgan fingerprint density at radius 1 is 1.09 bits per heavy atom. The van der Waals surface area contributed by atoms with Crippen LogP contribution >= 0.6 is 11.6 Å². The molecule has 4 aliphatic carbocycles. The van der Waals surface area contributed by atoms with E-state index in [-0.39, 0.29) is 41.1 Å². The molecule has 8 atom stereocenters. The van der Waals surface area contributed by atoms with Crippen LogP contribution < -0.4 is 4.90 Å². The van der Waals surface area contributed by atoms with Gasteiger partial charge in [-0.1, -0.05) is 62.7 Å². The maximum absolute atomic E-state index is 14.8. The average molecular weight is 620 g/mol. The van der Waals surface area contributed by atoms with Crippen LogP contribution in [0, 0.1) is 34.5 Å². The molecule has 2 bridgehead atoms. The monoisotopic (exact) mass is 619 g/mol. The summed E-state index contributed by atoms with van der Waals surface area (Å²) in [6, 6.07) is 15.1. The number of carbonyl (C=O) groups is 3. The third-order valence-corrected chi connectivity index (χ3v) is 11.1. The molecule has 9 heteroatoms. The maximum atomic E-state index is 14.8. The summed E-state index contributed by atoms with van der Waals surface area (Å²) in [5.74, 6) is -1.58. The Kier molecular flexibility index (Phi) is 7.34. The molecule has 2 N–H and O–H groups in total. The van der Waals surface area contributed by atoms with E-state index >= 15 is 0 Å². The van der Waals surface area contributed by atoms with Crippen molar-refractivity contribution in [2.45, 2.75) is 51.9 Å². The molecular weight excluding hydrogens is 582 g/mol. The van der Waals surface area contributed by atoms with Crippen molar-refractivity contribution in [3.05, 3.63) is 88.5 Å². The number of esters is 1. The summed E-state index contributed by atoms with van der Waals surface area (Å²) in [6.45, 7) is 7.58. The van der Waals surface area contributed by atoms with E-state index in [1.807, 2.05) is 6.92 Å². The molecule has 2 aromatic carbocycles. The number of aliphatic hydroxyl groups is 2. The van der Waals surface area contributed by atoms with Gasteiger partial charge in [-0.05, 0) is 84.1 Å². The molecule has 0 radical (unpaired) electrons. The van der Waals surface area contributed by atoms with E-state index in [4.69, 9.17) is 21.1 Å². The van der Waals surface area contributed by atoms with Crippen LogP contribution in [-0.4, -0.2) is 59.5 Å². The average Bonchev–Trinajstić information content (AvgIpc) is 3.49. The van der Waals surface area contributed by atoms with Crippen molar-refractivity contribution >= 4 is 35.1 Å². The summed E-state index contributed by atoms with van der Waals surface area (Å²) in [5.41, 5.74) is -2.36. The summed E-state index contributed by atoms with van der Waals surface area (Å²) in [4.78, 5) is 42.5. The number of Topliss-reactive ketones (excluding diaryl/α,β-unsaturated/α-hetero) is 1. The molecular formula is C35H38ClNO7. The Hall–Kier alpha value is -3.46. The summed E-state index contributed by atoms with van der Waals surface area (Å²) in [7, 11) is 1.53. The first kappa shape index (κ1) is 30.6. The van der Waals surface area contributed by atoms with Gasteiger partial charge in [-0.3, -0.25) is 9.69 Å². The molecule has 2 saturated carbocycles. The predicted molar refractivity (Wildman–Crippen MR) is 165 cm³/mol. The predicted octanol–water partition coefficient (Wildman–Crippen LogP) is 5.61. The Morgan fingerprint density at radius 2 is 1.75 bits per heavy atom. The molecule has 232 valence electrons. The van der Waals surface area contributed by atoms with Crippen molar-refractivity contribution in [3.63, 3.8) is 0 Å². The first-order valence-corrected chi connectivity index (χ1v) is 15.4. The molecule has 0 heterocycles. The number of halogens is 1. The quantitative estimate of drug-likeness (QED) is 0.330. The van der Waals surface area contributed by atoms with Crippen molar-refractivity contribution in [2.75, 3.05) is 18.6 Å². The van der Waals surface area contributed by atoms with Crippen LogP contribution in [0.15, 0.2) is 77.9 Å². The molecule has 2 aromatic rings. The molecule has 1 spiro atoms. The van der Waals surface area contributed by atoms with Gasteiger partial charge in [0, 0.05) is 23.7 Å². The number of aliphatic hydroxyl groups excluding tert-OH is 1. The molecule has 0 aliphatic heterocycles. The smallest absolute Gasteiger partial charge is 0.414 e. The lowest BCUT2D eigenvalue weighted by Gasteiger charge is -2.49. The second-order valence-electron chi connectivity index (χ2n) is 13.4. The number of hydrogen-bond donors (Lipinski definition) is 2. The van der Waals surface area contributed by atoms with E-state index in [2.05, 4.69) is 13.8 Å². The van der Waals surface area contributed by atoms with Crippen molar-refractivity contribution < 1.29 is 34.1 Å². The number of rotatable bonds is 5. The van der Waals surface area contributed by atoms with Gasteiger partial charge < -0.3 is 19.7 Å². The molecule has 6 rings (SSSR count). The van der Waals surface area contributed by atoms with Crippen molar-refractivity contribution in [1.82, 2.24) is 0 Å². The van der Waals surface area contributed by atoms with Crippen molar-refractivity contribution in [3.8, 4) is 0 Å². The standard InChI is InChI=1S/C35H38ClNO7/c1-19-17-34-20(2)15-26-27(33(26,3)4)25(29(34)39)16-22(18-43-31(40)21-9-7-6-8-10-21)28(38)35(34,42)30(19)44-32(41)37(5)24-13-11-23(36)12-14-24/h6-14,16-17,20,25-28,30,38,42H,15,18H2,1-5H3/t20-,25+,26-,27+,28-,30+,34+,35+/m1/s1. The van der Waals surface area contributed by atoms with Crippen LogP contribution in [-0.2, 0) is 14.3 Å². The summed E-state index contributed by atoms with van der Waals surface area (Å²) in [5, 5.41) is 25.5. The highest BCUT2D eigenvalue weighted by Crippen LogP contribution is 2.71. The molecule has 0 unspecified atom stereocenters. The lowest BCUT2D eigenvalue weighted by Crippen LogP contribution is -2.66. The highest BCUT2D eigenvalue weighted by Gasteiger charge is 2.76. The van der Waals surface area contributed by atoms with Crippen LogP contribution in [0.1, 0.15) is 44.5 Å². The zero-order chi connectivity index (χ0) is 31.8. The summed E-state index contributed by atoms with van der Waals surface area (Å²) < 4.78 is 11.6. The highest BCUT2D eigenvalue weighted by atomic mass is 35.5. The second kappa shape index (κ2) is 10.6. The fraction of sp³-hybridized carbons (Fsp3) is 0.457. The molecule has 8 nitrogen and oxygen atoms in total. The van der Waals surface area contributed by atoms with E-state index in [9.17, 15) is 24.6 Å². The molecule has 1 amide bonds.